The molecule has 11 aromatic rings. The molecule has 0 unspecified atom stereocenters. The molecule has 0 saturated carbocycles. The molecule has 0 spiro atoms. The van der Waals surface area contributed by atoms with Crippen molar-refractivity contribution >= 4 is 66.5 Å². The van der Waals surface area contributed by atoms with Crippen molar-refractivity contribution in [1.29, 1.82) is 0 Å². The minimum absolute atomic E-state index is 0.123. The predicted octanol–water partition coefficient (Wildman–Crippen LogP) is 14.2. The summed E-state index contributed by atoms with van der Waals surface area (Å²) in [7, 11) is 0. The molecule has 4 nitrogen and oxygen atoms in total. The molecule has 8 aromatic carbocycles. The third-order valence-corrected chi connectivity index (χ3v) is 12.5. The largest absolute Gasteiger partial charge is 0.309 e. The minimum atomic E-state index is -0.123. The molecule has 0 N–H and O–H groups in total. The van der Waals surface area contributed by atoms with Gasteiger partial charge in [0.05, 0.1) is 22.4 Å². The van der Waals surface area contributed by atoms with Crippen molar-refractivity contribution in [2.75, 3.05) is 4.90 Å². The second-order valence-corrected chi connectivity index (χ2v) is 16.0. The van der Waals surface area contributed by atoms with Crippen LogP contribution in [0.5, 0.6) is 0 Å². The molecule has 0 saturated heterocycles. The SMILES string of the molecule is CC1(C)c2ccccc2-c2c(N(c3ccc(-n4c5ccccc5c5c4nc4c6ccccc6c6ccccc6n45)cc3)c3ccccc3-c3ccccc3)cccc21. The third kappa shape index (κ3) is 4.54. The standard InChI is InChI=1S/C54H38N4/c1-54(2)44-25-12-8-23-42(44)50-45(54)26-16-30-49(50)56(46-27-13-9-19-38(46)35-17-4-3-5-18-35)36-31-33-37(34-32-36)57-48-29-15-11-24-43(48)51-53(57)55-52-41-22-7-6-20-39(41)40-21-10-14-28-47(40)58(51)52/h3-34H,1-2H3. The summed E-state index contributed by atoms with van der Waals surface area (Å²) in [5, 5.41) is 4.76. The summed E-state index contributed by atoms with van der Waals surface area (Å²) in [6.45, 7) is 4.71. The summed E-state index contributed by atoms with van der Waals surface area (Å²) in [6, 6.07) is 70.5. The van der Waals surface area contributed by atoms with E-state index in [1.807, 2.05) is 0 Å². The molecule has 0 fully saturated rings. The summed E-state index contributed by atoms with van der Waals surface area (Å²) >= 11 is 0. The fraction of sp³-hybridized carbons (Fsp3) is 0.0556. The molecular formula is C54H38N4. The Balaban J connectivity index is 1.10. The highest BCUT2D eigenvalue weighted by Gasteiger charge is 2.38. The Kier molecular flexibility index (Phi) is 6.94. The Hall–Kier alpha value is -7.43. The lowest BCUT2D eigenvalue weighted by Crippen LogP contribution is -2.16. The van der Waals surface area contributed by atoms with E-state index >= 15 is 0 Å². The van der Waals surface area contributed by atoms with Crippen LogP contribution in [0, 0.1) is 0 Å². The maximum Gasteiger partial charge on any atom is 0.165 e. The lowest BCUT2D eigenvalue weighted by atomic mass is 9.82. The molecule has 3 heterocycles. The highest BCUT2D eigenvalue weighted by atomic mass is 15.2. The van der Waals surface area contributed by atoms with Gasteiger partial charge in [-0.15, -0.1) is 0 Å². The summed E-state index contributed by atoms with van der Waals surface area (Å²) in [4.78, 5) is 7.96. The molecule has 0 radical (unpaired) electrons. The minimum Gasteiger partial charge on any atom is -0.309 e. The van der Waals surface area contributed by atoms with E-state index in [9.17, 15) is 0 Å². The summed E-state index contributed by atoms with van der Waals surface area (Å²) in [5.41, 5.74) is 17.3. The van der Waals surface area contributed by atoms with E-state index in [-0.39, 0.29) is 5.41 Å². The van der Waals surface area contributed by atoms with Crippen LogP contribution in [0.2, 0.25) is 0 Å². The van der Waals surface area contributed by atoms with Gasteiger partial charge in [0, 0.05) is 44.1 Å². The third-order valence-electron chi connectivity index (χ3n) is 12.5. The Bertz CT molecular complexity index is 3420. The normalized spacial score (nSPS) is 13.1. The van der Waals surface area contributed by atoms with Crippen molar-refractivity contribution in [1.82, 2.24) is 14.0 Å². The van der Waals surface area contributed by atoms with Crippen LogP contribution in [-0.2, 0) is 5.41 Å². The van der Waals surface area contributed by atoms with Crippen molar-refractivity contribution in [2.45, 2.75) is 19.3 Å². The van der Waals surface area contributed by atoms with Crippen LogP contribution in [0.4, 0.5) is 17.1 Å². The van der Waals surface area contributed by atoms with Gasteiger partial charge in [-0.1, -0.05) is 159 Å². The van der Waals surface area contributed by atoms with Crippen molar-refractivity contribution in [3.05, 3.63) is 205 Å². The molecule has 58 heavy (non-hydrogen) atoms. The van der Waals surface area contributed by atoms with Gasteiger partial charge in [0.25, 0.3) is 0 Å². The highest BCUT2D eigenvalue weighted by Crippen LogP contribution is 2.55. The van der Waals surface area contributed by atoms with Crippen molar-refractivity contribution in [3.63, 3.8) is 0 Å². The van der Waals surface area contributed by atoms with Gasteiger partial charge in [-0.25, -0.2) is 4.98 Å². The van der Waals surface area contributed by atoms with Crippen molar-refractivity contribution in [3.8, 4) is 27.9 Å². The maximum absolute atomic E-state index is 5.49. The molecule has 3 aromatic heterocycles. The first-order chi connectivity index (χ1) is 28.6. The van der Waals surface area contributed by atoms with E-state index in [0.29, 0.717) is 0 Å². The average molecular weight is 743 g/mol. The zero-order valence-electron chi connectivity index (χ0n) is 32.3. The van der Waals surface area contributed by atoms with Crippen LogP contribution >= 0.6 is 0 Å². The van der Waals surface area contributed by atoms with Gasteiger partial charge in [-0.3, -0.25) is 8.97 Å². The molecule has 0 aliphatic heterocycles. The van der Waals surface area contributed by atoms with Crippen molar-refractivity contribution < 1.29 is 0 Å². The monoisotopic (exact) mass is 742 g/mol. The summed E-state index contributed by atoms with van der Waals surface area (Å²) in [5.74, 6) is 0. The zero-order valence-corrected chi connectivity index (χ0v) is 32.3. The van der Waals surface area contributed by atoms with Gasteiger partial charge in [-0.2, -0.15) is 0 Å². The number of imidazole rings is 1. The first kappa shape index (κ1) is 32.8. The summed E-state index contributed by atoms with van der Waals surface area (Å²) in [6.07, 6.45) is 0. The van der Waals surface area contributed by atoms with E-state index in [0.717, 1.165) is 50.3 Å². The van der Waals surface area contributed by atoms with E-state index < -0.39 is 0 Å². The number of anilines is 3. The molecule has 1 aliphatic carbocycles. The second kappa shape index (κ2) is 12.3. The van der Waals surface area contributed by atoms with E-state index in [4.69, 9.17) is 4.98 Å². The summed E-state index contributed by atoms with van der Waals surface area (Å²) < 4.78 is 4.71. The van der Waals surface area contributed by atoms with Gasteiger partial charge in [0.2, 0.25) is 0 Å². The molecule has 0 amide bonds. The lowest BCUT2D eigenvalue weighted by molar-refractivity contribution is 0.660. The van der Waals surface area contributed by atoms with Crippen LogP contribution in [0.3, 0.4) is 0 Å². The van der Waals surface area contributed by atoms with Crippen LogP contribution < -0.4 is 4.90 Å². The molecular weight excluding hydrogens is 705 g/mol. The number of pyridine rings is 1. The number of aromatic nitrogens is 3. The van der Waals surface area contributed by atoms with Gasteiger partial charge in [-0.05, 0) is 76.2 Å². The average Bonchev–Trinajstić information content (AvgIpc) is 3.90. The first-order valence-electron chi connectivity index (χ1n) is 20.1. The first-order valence-corrected chi connectivity index (χ1v) is 20.1. The molecule has 12 rings (SSSR count). The fourth-order valence-corrected chi connectivity index (χ4v) is 9.89. The van der Waals surface area contributed by atoms with E-state index in [1.54, 1.807) is 0 Å². The maximum atomic E-state index is 5.49. The van der Waals surface area contributed by atoms with E-state index in [2.05, 4.69) is 222 Å². The number of nitrogens with zero attached hydrogens (tertiary/aromatic N) is 4. The second-order valence-electron chi connectivity index (χ2n) is 16.0. The molecule has 4 heteroatoms. The van der Waals surface area contributed by atoms with Crippen LogP contribution in [0.25, 0.3) is 77.3 Å². The number of rotatable bonds is 5. The quantitative estimate of drug-likeness (QED) is 0.164. The number of hydrogen-bond acceptors (Lipinski definition) is 2. The molecule has 0 atom stereocenters. The Morgan fingerprint density at radius 3 is 1.86 bits per heavy atom. The number of para-hydroxylation sites is 3. The highest BCUT2D eigenvalue weighted by molar-refractivity contribution is 6.17. The lowest BCUT2D eigenvalue weighted by Gasteiger charge is -2.30. The van der Waals surface area contributed by atoms with Crippen LogP contribution in [0.1, 0.15) is 25.0 Å². The molecule has 1 aliphatic rings. The Labute approximate surface area is 336 Å². The van der Waals surface area contributed by atoms with Gasteiger partial charge >= 0.3 is 0 Å². The number of hydrogen-bond donors (Lipinski definition) is 0. The topological polar surface area (TPSA) is 25.5 Å². The predicted molar refractivity (Wildman–Crippen MR) is 242 cm³/mol. The van der Waals surface area contributed by atoms with Crippen LogP contribution in [0.15, 0.2) is 194 Å². The Morgan fingerprint density at radius 1 is 0.448 bits per heavy atom. The smallest absolute Gasteiger partial charge is 0.165 e. The van der Waals surface area contributed by atoms with Gasteiger partial charge in [0.1, 0.15) is 11.2 Å². The van der Waals surface area contributed by atoms with Gasteiger partial charge < -0.3 is 4.90 Å². The van der Waals surface area contributed by atoms with Gasteiger partial charge in [0.15, 0.2) is 5.65 Å². The molecule has 0 bridgehead atoms. The van der Waals surface area contributed by atoms with Crippen LogP contribution in [-0.4, -0.2) is 14.0 Å². The molecule has 274 valence electrons. The fourth-order valence-electron chi connectivity index (χ4n) is 9.89. The number of fused-ring (bicyclic) bond motifs is 13. The van der Waals surface area contributed by atoms with E-state index in [1.165, 1.54) is 55.2 Å². The zero-order chi connectivity index (χ0) is 38.5. The Morgan fingerprint density at radius 2 is 1.05 bits per heavy atom. The number of benzene rings is 8. The van der Waals surface area contributed by atoms with Crippen molar-refractivity contribution in [2.24, 2.45) is 0 Å².